The molecule has 0 bridgehead atoms. The van der Waals surface area contributed by atoms with E-state index >= 15 is 0 Å². The summed E-state index contributed by atoms with van der Waals surface area (Å²) in [7, 11) is 1.72. The van der Waals surface area contributed by atoms with Gasteiger partial charge < -0.3 is 9.84 Å². The maximum absolute atomic E-state index is 9.06. The van der Waals surface area contributed by atoms with Gasteiger partial charge in [-0.2, -0.15) is 0 Å². The number of rotatable bonds is 10. The Hall–Kier alpha value is 0.360. The zero-order valence-corrected chi connectivity index (χ0v) is 12.4. The van der Waals surface area contributed by atoms with Crippen LogP contribution in [-0.4, -0.2) is 55.3 Å². The Morgan fingerprint density at radius 2 is 1.88 bits per heavy atom. The first-order chi connectivity index (χ1) is 7.67. The second kappa shape index (κ2) is 9.40. The van der Waals surface area contributed by atoms with Crippen molar-refractivity contribution in [1.82, 2.24) is 4.90 Å². The second-order valence-corrected chi connectivity index (χ2v) is 4.89. The minimum atomic E-state index is 0.218. The molecule has 0 radical (unpaired) electrons. The van der Waals surface area contributed by atoms with E-state index < -0.39 is 0 Å². The number of aliphatic hydroxyl groups is 1. The van der Waals surface area contributed by atoms with Crippen molar-refractivity contribution in [1.29, 1.82) is 0 Å². The predicted molar refractivity (Wildman–Crippen MR) is 72.2 cm³/mol. The summed E-state index contributed by atoms with van der Waals surface area (Å²) in [5.74, 6) is 0. The molecule has 0 aliphatic heterocycles. The lowest BCUT2D eigenvalue weighted by molar-refractivity contribution is 0.0945. The number of hydrogen-bond acceptors (Lipinski definition) is 3. The number of alkyl halides is 1. The van der Waals surface area contributed by atoms with Crippen molar-refractivity contribution in [2.75, 3.05) is 45.3 Å². The molecule has 16 heavy (non-hydrogen) atoms. The van der Waals surface area contributed by atoms with Crippen molar-refractivity contribution >= 4 is 15.9 Å². The monoisotopic (exact) mass is 295 g/mol. The summed E-state index contributed by atoms with van der Waals surface area (Å²) in [5, 5.41) is 10.1. The van der Waals surface area contributed by atoms with Crippen molar-refractivity contribution in [3.63, 3.8) is 0 Å². The molecule has 0 unspecified atom stereocenters. The molecule has 0 aromatic heterocycles. The number of ether oxygens (including phenoxy) is 1. The molecule has 0 aliphatic rings. The number of hydrogen-bond donors (Lipinski definition) is 1. The SMILES string of the molecule is CCC(CC)(CBr)CN(CCO)CCOC. The van der Waals surface area contributed by atoms with Crippen LogP contribution in [0, 0.1) is 5.41 Å². The first-order valence-corrected chi connectivity index (χ1v) is 7.18. The van der Waals surface area contributed by atoms with Gasteiger partial charge >= 0.3 is 0 Å². The van der Waals surface area contributed by atoms with E-state index in [9.17, 15) is 0 Å². The van der Waals surface area contributed by atoms with Gasteiger partial charge in [0.05, 0.1) is 13.2 Å². The first kappa shape index (κ1) is 16.4. The third-order valence-electron chi connectivity index (χ3n) is 3.37. The minimum absolute atomic E-state index is 0.218. The van der Waals surface area contributed by atoms with Crippen molar-refractivity contribution in [3.05, 3.63) is 0 Å². The summed E-state index contributed by atoms with van der Waals surface area (Å²) in [6.45, 7) is 8.07. The van der Waals surface area contributed by atoms with Gasteiger partial charge in [-0.3, -0.25) is 4.90 Å². The Morgan fingerprint density at radius 1 is 1.25 bits per heavy atom. The molecule has 0 heterocycles. The van der Waals surface area contributed by atoms with Gasteiger partial charge in [-0.25, -0.2) is 0 Å². The summed E-state index contributed by atoms with van der Waals surface area (Å²) < 4.78 is 5.10. The normalized spacial score (nSPS) is 12.4. The van der Waals surface area contributed by atoms with Crippen LogP contribution in [0.3, 0.4) is 0 Å². The Balaban J connectivity index is 4.31. The van der Waals surface area contributed by atoms with Crippen molar-refractivity contribution in [2.24, 2.45) is 5.41 Å². The van der Waals surface area contributed by atoms with E-state index in [4.69, 9.17) is 9.84 Å². The van der Waals surface area contributed by atoms with E-state index in [0.29, 0.717) is 5.41 Å². The molecule has 0 aliphatic carbocycles. The van der Waals surface area contributed by atoms with Gasteiger partial charge in [0.2, 0.25) is 0 Å². The van der Waals surface area contributed by atoms with E-state index in [1.54, 1.807) is 7.11 Å². The van der Waals surface area contributed by atoms with Crippen LogP contribution in [0.2, 0.25) is 0 Å². The molecule has 0 amide bonds. The molecule has 0 aromatic carbocycles. The molecule has 0 fully saturated rings. The molecular formula is C12H26BrNO2. The summed E-state index contributed by atoms with van der Waals surface area (Å²) in [4.78, 5) is 2.29. The van der Waals surface area contributed by atoms with Gasteiger partial charge in [-0.1, -0.05) is 29.8 Å². The molecule has 0 atom stereocenters. The standard InChI is InChI=1S/C12H26BrNO2/c1-4-12(5-2,10-13)11-14(6-8-15)7-9-16-3/h15H,4-11H2,1-3H3. The highest BCUT2D eigenvalue weighted by Crippen LogP contribution is 2.29. The summed E-state index contributed by atoms with van der Waals surface area (Å²) in [5.41, 5.74) is 0.322. The van der Waals surface area contributed by atoms with Gasteiger partial charge in [0.25, 0.3) is 0 Å². The molecule has 0 aromatic rings. The van der Waals surface area contributed by atoms with Crippen molar-refractivity contribution in [3.8, 4) is 0 Å². The lowest BCUT2D eigenvalue weighted by Crippen LogP contribution is -2.41. The maximum atomic E-state index is 9.06. The fourth-order valence-electron chi connectivity index (χ4n) is 1.81. The molecule has 4 heteroatoms. The predicted octanol–water partition coefficient (Wildman–Crippen LogP) is 2.13. The summed E-state index contributed by atoms with van der Waals surface area (Å²) >= 11 is 3.62. The number of halogens is 1. The summed E-state index contributed by atoms with van der Waals surface area (Å²) in [6, 6.07) is 0. The van der Waals surface area contributed by atoms with Gasteiger partial charge in [-0.15, -0.1) is 0 Å². The highest BCUT2D eigenvalue weighted by Gasteiger charge is 2.27. The van der Waals surface area contributed by atoms with E-state index in [1.165, 1.54) is 0 Å². The largest absolute Gasteiger partial charge is 0.395 e. The Kier molecular flexibility index (Phi) is 9.61. The number of aliphatic hydroxyl groups excluding tert-OH is 1. The van der Waals surface area contributed by atoms with Crippen LogP contribution in [0.1, 0.15) is 26.7 Å². The molecule has 0 spiro atoms. The number of methoxy groups -OCH3 is 1. The fraction of sp³-hybridized carbons (Fsp3) is 1.00. The van der Waals surface area contributed by atoms with Gasteiger partial charge in [0, 0.05) is 32.1 Å². The van der Waals surface area contributed by atoms with Crippen LogP contribution >= 0.6 is 15.9 Å². The Labute approximate surface area is 108 Å². The van der Waals surface area contributed by atoms with Crippen LogP contribution in [0.25, 0.3) is 0 Å². The van der Waals surface area contributed by atoms with Crippen LogP contribution in [0.4, 0.5) is 0 Å². The summed E-state index contributed by atoms with van der Waals surface area (Å²) in [6.07, 6.45) is 2.31. The van der Waals surface area contributed by atoms with Crippen LogP contribution in [0.5, 0.6) is 0 Å². The van der Waals surface area contributed by atoms with Gasteiger partial charge in [0.15, 0.2) is 0 Å². The number of nitrogens with zero attached hydrogens (tertiary/aromatic N) is 1. The van der Waals surface area contributed by atoms with E-state index in [-0.39, 0.29) is 6.61 Å². The van der Waals surface area contributed by atoms with E-state index in [1.807, 2.05) is 0 Å². The molecule has 0 rings (SSSR count). The average Bonchev–Trinajstić information content (AvgIpc) is 2.33. The molecule has 3 nitrogen and oxygen atoms in total. The van der Waals surface area contributed by atoms with Crippen LogP contribution in [0.15, 0.2) is 0 Å². The lowest BCUT2D eigenvalue weighted by Gasteiger charge is -2.35. The zero-order valence-electron chi connectivity index (χ0n) is 10.8. The van der Waals surface area contributed by atoms with Crippen molar-refractivity contribution < 1.29 is 9.84 Å². The van der Waals surface area contributed by atoms with Gasteiger partial charge in [0.1, 0.15) is 0 Å². The van der Waals surface area contributed by atoms with Crippen LogP contribution < -0.4 is 0 Å². The first-order valence-electron chi connectivity index (χ1n) is 6.06. The minimum Gasteiger partial charge on any atom is -0.395 e. The maximum Gasteiger partial charge on any atom is 0.0589 e. The Morgan fingerprint density at radius 3 is 2.25 bits per heavy atom. The van der Waals surface area contributed by atoms with Crippen molar-refractivity contribution in [2.45, 2.75) is 26.7 Å². The topological polar surface area (TPSA) is 32.7 Å². The van der Waals surface area contributed by atoms with Gasteiger partial charge in [-0.05, 0) is 18.3 Å². The average molecular weight is 296 g/mol. The highest BCUT2D eigenvalue weighted by atomic mass is 79.9. The molecule has 1 N–H and O–H groups in total. The second-order valence-electron chi connectivity index (χ2n) is 4.33. The quantitative estimate of drug-likeness (QED) is 0.627. The van der Waals surface area contributed by atoms with E-state index in [2.05, 4.69) is 34.7 Å². The smallest absolute Gasteiger partial charge is 0.0589 e. The molecular weight excluding hydrogens is 270 g/mol. The third kappa shape index (κ3) is 5.62. The fourth-order valence-corrected chi connectivity index (χ4v) is 2.78. The molecule has 0 saturated heterocycles. The third-order valence-corrected chi connectivity index (χ3v) is 4.56. The van der Waals surface area contributed by atoms with Crippen LogP contribution in [-0.2, 0) is 4.74 Å². The zero-order chi connectivity index (χ0) is 12.4. The molecule has 0 saturated carbocycles. The Bertz CT molecular complexity index is 155. The lowest BCUT2D eigenvalue weighted by atomic mass is 9.84. The van der Waals surface area contributed by atoms with E-state index in [0.717, 1.165) is 44.4 Å². The highest BCUT2D eigenvalue weighted by molar-refractivity contribution is 9.09. The molecule has 98 valence electrons.